The van der Waals surface area contributed by atoms with Gasteiger partial charge in [-0.15, -0.1) is 16.8 Å². The number of hydrogen-bond acceptors (Lipinski definition) is 4. The first-order valence-corrected chi connectivity index (χ1v) is 10.5. The van der Waals surface area contributed by atoms with Crippen LogP contribution in [0.1, 0.15) is 5.56 Å². The topological polar surface area (TPSA) is 59.8 Å². The monoisotopic (exact) mass is 496 g/mol. The molecule has 0 saturated heterocycles. The van der Waals surface area contributed by atoms with Crippen LogP contribution in [0.3, 0.4) is 0 Å². The summed E-state index contributed by atoms with van der Waals surface area (Å²) in [4.78, 5) is 12.2. The Morgan fingerprint density at radius 2 is 1.93 bits per heavy atom. The smallest absolute Gasteiger partial charge is 0.325 e. The van der Waals surface area contributed by atoms with Gasteiger partial charge in [-0.05, 0) is 36.4 Å². The Kier molecular flexibility index (Phi) is 6.99. The van der Waals surface area contributed by atoms with Crippen LogP contribution in [0.5, 0.6) is 0 Å². The molecule has 0 radical (unpaired) electrons. The third kappa shape index (κ3) is 5.51. The van der Waals surface area contributed by atoms with Crippen molar-refractivity contribution in [3.63, 3.8) is 0 Å². The highest BCUT2D eigenvalue weighted by Gasteiger charge is 2.31. The van der Waals surface area contributed by atoms with Crippen LogP contribution in [0.15, 0.2) is 70.8 Å². The van der Waals surface area contributed by atoms with Crippen molar-refractivity contribution in [1.29, 1.82) is 0 Å². The minimum absolute atomic E-state index is 0.0634. The van der Waals surface area contributed by atoms with Crippen molar-refractivity contribution in [3.05, 3.63) is 71.2 Å². The fraction of sp³-hybridized carbons (Fsp3) is 0.150. The second-order valence-corrected chi connectivity index (χ2v) is 7.99. The van der Waals surface area contributed by atoms with E-state index in [2.05, 4.69) is 38.0 Å². The average molecular weight is 497 g/mol. The zero-order chi connectivity index (χ0) is 21.7. The third-order valence-corrected chi connectivity index (χ3v) is 5.43. The van der Waals surface area contributed by atoms with Crippen LogP contribution < -0.4 is 5.32 Å². The highest BCUT2D eigenvalue weighted by atomic mass is 79.9. The molecule has 0 unspecified atom stereocenters. The van der Waals surface area contributed by atoms with Gasteiger partial charge in [-0.1, -0.05) is 45.9 Å². The number of carbonyl (C=O) groups excluding carboxylic acids is 1. The molecule has 1 heterocycles. The van der Waals surface area contributed by atoms with E-state index >= 15 is 0 Å². The summed E-state index contributed by atoms with van der Waals surface area (Å²) in [5, 5.41) is 11.3. The lowest BCUT2D eigenvalue weighted by molar-refractivity contribution is -0.137. The van der Waals surface area contributed by atoms with Gasteiger partial charge < -0.3 is 5.32 Å². The molecule has 156 valence electrons. The van der Waals surface area contributed by atoms with Gasteiger partial charge >= 0.3 is 6.18 Å². The van der Waals surface area contributed by atoms with Gasteiger partial charge in [0.1, 0.15) is 0 Å². The van der Waals surface area contributed by atoms with Gasteiger partial charge in [-0.2, -0.15) is 13.2 Å². The molecule has 0 aliphatic rings. The molecule has 1 amide bonds. The molecule has 1 N–H and O–H groups in total. The minimum atomic E-state index is -4.46. The predicted molar refractivity (Wildman–Crippen MR) is 114 cm³/mol. The van der Waals surface area contributed by atoms with E-state index in [0.717, 1.165) is 28.4 Å². The zero-order valence-corrected chi connectivity index (χ0v) is 17.9. The summed E-state index contributed by atoms with van der Waals surface area (Å²) in [6.07, 6.45) is -2.87. The summed E-state index contributed by atoms with van der Waals surface area (Å²) in [7, 11) is 0. The molecular formula is C20H16BrF3N4OS. The molecule has 0 aliphatic heterocycles. The van der Waals surface area contributed by atoms with E-state index < -0.39 is 11.7 Å². The van der Waals surface area contributed by atoms with Gasteiger partial charge in [0.25, 0.3) is 0 Å². The van der Waals surface area contributed by atoms with Crippen molar-refractivity contribution >= 4 is 39.3 Å². The number of halogens is 4. The zero-order valence-electron chi connectivity index (χ0n) is 15.5. The molecule has 5 nitrogen and oxygen atoms in total. The van der Waals surface area contributed by atoms with E-state index in [4.69, 9.17) is 0 Å². The first-order valence-electron chi connectivity index (χ1n) is 8.68. The van der Waals surface area contributed by atoms with Crippen molar-refractivity contribution in [2.75, 3.05) is 11.1 Å². The van der Waals surface area contributed by atoms with Crippen LogP contribution in [-0.4, -0.2) is 26.4 Å². The van der Waals surface area contributed by atoms with Crippen LogP contribution >= 0.6 is 27.7 Å². The molecular weight excluding hydrogens is 481 g/mol. The molecule has 0 fully saturated rings. The number of allylic oxidation sites excluding steroid dienone is 1. The Morgan fingerprint density at radius 3 is 2.60 bits per heavy atom. The largest absolute Gasteiger partial charge is 0.416 e. The Morgan fingerprint density at radius 1 is 1.20 bits per heavy atom. The van der Waals surface area contributed by atoms with Crippen LogP contribution in [0.4, 0.5) is 18.9 Å². The summed E-state index contributed by atoms with van der Waals surface area (Å²) in [5.74, 6) is 0.0985. The van der Waals surface area contributed by atoms with Crippen molar-refractivity contribution in [3.8, 4) is 11.4 Å². The number of benzene rings is 2. The number of nitrogens with one attached hydrogen (secondary N) is 1. The lowest BCUT2D eigenvalue weighted by Gasteiger charge is -2.10. The van der Waals surface area contributed by atoms with Gasteiger partial charge in [0.05, 0.1) is 11.3 Å². The van der Waals surface area contributed by atoms with Crippen LogP contribution in [0.2, 0.25) is 0 Å². The first-order chi connectivity index (χ1) is 14.3. The Balaban J connectivity index is 1.77. The number of anilines is 1. The lowest BCUT2D eigenvalue weighted by atomic mass is 10.1. The predicted octanol–water partition coefficient (Wildman–Crippen LogP) is 5.64. The van der Waals surface area contributed by atoms with Crippen molar-refractivity contribution < 1.29 is 18.0 Å². The molecule has 0 spiro atoms. The van der Waals surface area contributed by atoms with Crippen LogP contribution in [0.25, 0.3) is 11.4 Å². The minimum Gasteiger partial charge on any atom is -0.325 e. The lowest BCUT2D eigenvalue weighted by Crippen LogP contribution is -2.14. The molecule has 0 atom stereocenters. The number of hydrogen-bond donors (Lipinski definition) is 1. The van der Waals surface area contributed by atoms with Gasteiger partial charge in [0, 0.05) is 22.3 Å². The quantitative estimate of drug-likeness (QED) is 0.339. The van der Waals surface area contributed by atoms with Crippen LogP contribution in [0, 0.1) is 0 Å². The van der Waals surface area contributed by atoms with E-state index in [1.165, 1.54) is 12.1 Å². The Hall–Kier alpha value is -2.59. The van der Waals surface area contributed by atoms with Gasteiger partial charge in [-0.25, -0.2) is 0 Å². The molecule has 3 aromatic rings. The second kappa shape index (κ2) is 9.48. The molecule has 0 bridgehead atoms. The summed E-state index contributed by atoms with van der Waals surface area (Å²) >= 11 is 4.47. The summed E-state index contributed by atoms with van der Waals surface area (Å²) in [5.41, 5.74) is 0.169. The van der Waals surface area contributed by atoms with E-state index in [1.54, 1.807) is 22.8 Å². The van der Waals surface area contributed by atoms with Crippen molar-refractivity contribution in [2.24, 2.45) is 0 Å². The number of rotatable bonds is 7. The van der Waals surface area contributed by atoms with E-state index in [9.17, 15) is 18.0 Å². The number of amides is 1. The van der Waals surface area contributed by atoms with Gasteiger partial charge in [0.2, 0.25) is 5.91 Å². The number of nitrogens with zero attached hydrogens (tertiary/aromatic N) is 3. The maximum atomic E-state index is 13.0. The summed E-state index contributed by atoms with van der Waals surface area (Å²) in [6.45, 7) is 3.96. The van der Waals surface area contributed by atoms with E-state index in [-0.39, 0.29) is 29.6 Å². The third-order valence-electron chi connectivity index (χ3n) is 3.94. The molecule has 0 aliphatic carbocycles. The van der Waals surface area contributed by atoms with Gasteiger partial charge in [-0.3, -0.25) is 9.36 Å². The fourth-order valence-corrected chi connectivity index (χ4v) is 3.61. The van der Waals surface area contributed by atoms with Crippen molar-refractivity contribution in [1.82, 2.24) is 14.8 Å². The van der Waals surface area contributed by atoms with E-state index in [0.29, 0.717) is 10.8 Å². The summed E-state index contributed by atoms with van der Waals surface area (Å²) in [6, 6.07) is 12.0. The Labute approximate surface area is 183 Å². The van der Waals surface area contributed by atoms with E-state index in [1.807, 2.05) is 12.1 Å². The molecule has 3 rings (SSSR count). The SMILES string of the molecule is C=CCn1c(SCC(=O)Nc2ccc(Br)cc2)nnc1-c1cccc(C(F)(F)F)c1. The van der Waals surface area contributed by atoms with Crippen molar-refractivity contribution in [2.45, 2.75) is 17.9 Å². The normalized spacial score (nSPS) is 11.3. The first kappa shape index (κ1) is 22.1. The fourth-order valence-electron chi connectivity index (χ4n) is 2.60. The second-order valence-electron chi connectivity index (χ2n) is 6.13. The maximum absolute atomic E-state index is 13.0. The highest BCUT2D eigenvalue weighted by Crippen LogP contribution is 2.32. The number of carbonyl (C=O) groups is 1. The Bertz CT molecular complexity index is 1050. The average Bonchev–Trinajstić information content (AvgIpc) is 3.11. The van der Waals surface area contributed by atoms with Gasteiger partial charge in [0.15, 0.2) is 11.0 Å². The molecule has 1 aromatic heterocycles. The molecule has 10 heteroatoms. The molecule has 2 aromatic carbocycles. The summed E-state index contributed by atoms with van der Waals surface area (Å²) < 4.78 is 41.6. The number of thioether (sulfide) groups is 1. The standard InChI is InChI=1S/C20H16BrF3N4OS/c1-2-10-28-18(13-4-3-5-14(11-13)20(22,23)24)26-27-19(28)30-12-17(29)25-16-8-6-15(21)7-9-16/h2-9,11H,1,10,12H2,(H,25,29). The number of aromatic nitrogens is 3. The maximum Gasteiger partial charge on any atom is 0.416 e. The highest BCUT2D eigenvalue weighted by molar-refractivity contribution is 9.10. The van der Waals surface area contributed by atoms with Crippen LogP contribution in [-0.2, 0) is 17.5 Å². The molecule has 30 heavy (non-hydrogen) atoms. The number of alkyl halides is 3. The molecule has 0 saturated carbocycles.